The first-order valence-electron chi connectivity index (χ1n) is 10.9. The van der Waals surface area contributed by atoms with Crippen LogP contribution in [0.4, 0.5) is 11.4 Å². The van der Waals surface area contributed by atoms with E-state index in [1.54, 1.807) is 11.9 Å². The Labute approximate surface area is 188 Å². The van der Waals surface area contributed by atoms with Gasteiger partial charge in [0.05, 0.1) is 0 Å². The van der Waals surface area contributed by atoms with Gasteiger partial charge < -0.3 is 14.7 Å². The monoisotopic (exact) mass is 431 g/mol. The minimum Gasteiger partial charge on any atom is -0.378 e. The molecule has 4 rings (SSSR count). The molecule has 7 nitrogen and oxygen atoms in total. The van der Waals surface area contributed by atoms with Crippen molar-refractivity contribution in [1.82, 2.24) is 15.1 Å². The Morgan fingerprint density at radius 1 is 0.938 bits per heavy atom. The van der Waals surface area contributed by atoms with E-state index in [9.17, 15) is 9.59 Å². The number of nitrogens with one attached hydrogen (secondary N) is 1. The normalized spacial score (nSPS) is 14.3. The number of rotatable bonds is 5. The summed E-state index contributed by atoms with van der Waals surface area (Å²) < 4.78 is 0. The Kier molecular flexibility index (Phi) is 6.25. The largest absolute Gasteiger partial charge is 0.378 e. The third-order valence-corrected chi connectivity index (χ3v) is 6.12. The molecule has 1 saturated heterocycles. The number of amides is 2. The summed E-state index contributed by atoms with van der Waals surface area (Å²) in [5.41, 5.74) is 3.98. The van der Waals surface area contributed by atoms with Crippen LogP contribution in [0.25, 0.3) is 0 Å². The molecule has 0 aliphatic carbocycles. The molecule has 0 radical (unpaired) electrons. The minimum absolute atomic E-state index is 0.0683. The fourth-order valence-corrected chi connectivity index (χ4v) is 4.07. The number of nitrogens with zero attached hydrogens (tertiary/aromatic N) is 4. The minimum atomic E-state index is -0.146. The van der Waals surface area contributed by atoms with Gasteiger partial charge in [-0.1, -0.05) is 18.2 Å². The summed E-state index contributed by atoms with van der Waals surface area (Å²) in [6.45, 7) is 1.37. The van der Waals surface area contributed by atoms with Crippen LogP contribution in [0.15, 0.2) is 60.7 Å². The Bertz CT molecular complexity index is 1070. The van der Waals surface area contributed by atoms with Crippen LogP contribution in [0, 0.1) is 0 Å². The molecule has 0 saturated carbocycles. The van der Waals surface area contributed by atoms with Crippen LogP contribution >= 0.6 is 0 Å². The van der Waals surface area contributed by atoms with Gasteiger partial charge in [-0.05, 0) is 55.3 Å². The molecule has 3 aromatic rings. The number of aromatic amines is 1. The highest BCUT2D eigenvalue weighted by atomic mass is 16.2. The summed E-state index contributed by atoms with van der Waals surface area (Å²) in [6, 6.07) is 19.1. The lowest BCUT2D eigenvalue weighted by Crippen LogP contribution is -2.38. The van der Waals surface area contributed by atoms with E-state index < -0.39 is 0 Å². The van der Waals surface area contributed by atoms with Crippen molar-refractivity contribution >= 4 is 23.2 Å². The number of anilines is 2. The molecular weight excluding hydrogens is 402 g/mol. The molecule has 1 aromatic heterocycles. The zero-order chi connectivity index (χ0) is 22.7. The molecule has 0 atom stereocenters. The van der Waals surface area contributed by atoms with E-state index in [0.29, 0.717) is 24.3 Å². The number of aromatic nitrogens is 2. The van der Waals surface area contributed by atoms with Crippen LogP contribution in [0.3, 0.4) is 0 Å². The lowest BCUT2D eigenvalue weighted by atomic mass is 9.93. The third kappa shape index (κ3) is 4.51. The van der Waals surface area contributed by atoms with E-state index in [4.69, 9.17) is 0 Å². The van der Waals surface area contributed by atoms with Crippen LogP contribution in [-0.4, -0.2) is 61.1 Å². The van der Waals surface area contributed by atoms with Crippen LogP contribution in [-0.2, 0) is 0 Å². The molecule has 2 amide bonds. The summed E-state index contributed by atoms with van der Waals surface area (Å²) in [6.07, 6.45) is 1.68. The van der Waals surface area contributed by atoms with Crippen molar-refractivity contribution in [3.05, 3.63) is 77.6 Å². The smallest absolute Gasteiger partial charge is 0.278 e. The molecule has 0 unspecified atom stereocenters. The summed E-state index contributed by atoms with van der Waals surface area (Å²) in [4.78, 5) is 31.2. The zero-order valence-electron chi connectivity index (χ0n) is 18.8. The molecule has 166 valence electrons. The first-order chi connectivity index (χ1) is 15.4. The summed E-state index contributed by atoms with van der Waals surface area (Å²) in [5, 5.41) is 7.31. The number of H-pyrrole nitrogens is 1. The van der Waals surface area contributed by atoms with E-state index in [1.807, 2.05) is 84.6 Å². The van der Waals surface area contributed by atoms with Crippen molar-refractivity contribution in [3.63, 3.8) is 0 Å². The van der Waals surface area contributed by atoms with E-state index in [-0.39, 0.29) is 17.7 Å². The number of piperidine rings is 1. The molecule has 1 aliphatic heterocycles. The Morgan fingerprint density at radius 3 is 2.22 bits per heavy atom. The fraction of sp³-hybridized carbons (Fsp3) is 0.320. The lowest BCUT2D eigenvalue weighted by molar-refractivity contribution is 0.0712. The quantitative estimate of drug-likeness (QED) is 0.667. The molecule has 1 aliphatic rings. The predicted molar refractivity (Wildman–Crippen MR) is 126 cm³/mol. The predicted octanol–water partition coefficient (Wildman–Crippen LogP) is 3.77. The first kappa shape index (κ1) is 21.6. The van der Waals surface area contributed by atoms with Crippen molar-refractivity contribution in [2.24, 2.45) is 0 Å². The topological polar surface area (TPSA) is 72.5 Å². The number of carbonyl (C=O) groups excluding carboxylic acids is 2. The Morgan fingerprint density at radius 2 is 1.59 bits per heavy atom. The summed E-state index contributed by atoms with van der Waals surface area (Å²) >= 11 is 0. The van der Waals surface area contributed by atoms with E-state index in [2.05, 4.69) is 10.2 Å². The highest BCUT2D eigenvalue weighted by Gasteiger charge is 2.27. The molecular formula is C25H29N5O2. The zero-order valence-corrected chi connectivity index (χ0v) is 18.8. The second-order valence-corrected chi connectivity index (χ2v) is 8.42. The maximum atomic E-state index is 12.9. The molecule has 2 aromatic carbocycles. The highest BCUT2D eigenvalue weighted by Crippen LogP contribution is 2.28. The molecule has 7 heteroatoms. The number of para-hydroxylation sites is 1. The second kappa shape index (κ2) is 9.26. The molecule has 32 heavy (non-hydrogen) atoms. The highest BCUT2D eigenvalue weighted by molar-refractivity contribution is 6.04. The second-order valence-electron chi connectivity index (χ2n) is 8.42. The van der Waals surface area contributed by atoms with Crippen molar-refractivity contribution in [2.45, 2.75) is 18.8 Å². The SMILES string of the molecule is CN(C)c1ccc(C(=O)N2CCC(c3cc(C(=O)N(C)c4ccccc4)n[nH]3)CC2)cc1. The van der Waals surface area contributed by atoms with Crippen LogP contribution < -0.4 is 9.80 Å². The molecule has 0 bridgehead atoms. The number of hydrogen-bond donors (Lipinski definition) is 1. The molecule has 1 N–H and O–H groups in total. The van der Waals surface area contributed by atoms with Gasteiger partial charge in [-0.25, -0.2) is 0 Å². The standard InChI is InChI=1S/C25H29N5O2/c1-28(2)20-11-9-19(10-12-20)24(31)30-15-13-18(14-16-30)22-17-23(27-26-22)25(32)29(3)21-7-5-4-6-8-21/h4-12,17-18H,13-16H2,1-3H3,(H,26,27). The van der Waals surface area contributed by atoms with Crippen molar-refractivity contribution in [3.8, 4) is 0 Å². The van der Waals surface area contributed by atoms with Gasteiger partial charge in [0.1, 0.15) is 0 Å². The van der Waals surface area contributed by atoms with Crippen LogP contribution in [0.5, 0.6) is 0 Å². The van der Waals surface area contributed by atoms with Crippen molar-refractivity contribution in [2.75, 3.05) is 44.0 Å². The van der Waals surface area contributed by atoms with E-state index in [1.165, 1.54) is 0 Å². The van der Waals surface area contributed by atoms with Gasteiger partial charge >= 0.3 is 0 Å². The molecule has 1 fully saturated rings. The number of carbonyl (C=O) groups is 2. The van der Waals surface area contributed by atoms with Crippen molar-refractivity contribution < 1.29 is 9.59 Å². The van der Waals surface area contributed by atoms with E-state index in [0.717, 1.165) is 29.9 Å². The van der Waals surface area contributed by atoms with Gasteiger partial charge in [-0.3, -0.25) is 14.7 Å². The average Bonchev–Trinajstić information content (AvgIpc) is 3.34. The van der Waals surface area contributed by atoms with Gasteiger partial charge in [-0.15, -0.1) is 0 Å². The van der Waals surface area contributed by atoms with E-state index >= 15 is 0 Å². The number of hydrogen-bond acceptors (Lipinski definition) is 4. The van der Waals surface area contributed by atoms with Gasteiger partial charge in [0, 0.05) is 62.8 Å². The lowest BCUT2D eigenvalue weighted by Gasteiger charge is -2.31. The first-order valence-corrected chi connectivity index (χ1v) is 10.9. The Balaban J connectivity index is 1.36. The van der Waals surface area contributed by atoms with Gasteiger partial charge in [-0.2, -0.15) is 5.10 Å². The maximum Gasteiger partial charge on any atom is 0.278 e. The third-order valence-electron chi connectivity index (χ3n) is 6.12. The number of likely N-dealkylation sites (tertiary alicyclic amines) is 1. The molecule has 0 spiro atoms. The van der Waals surface area contributed by atoms with Crippen molar-refractivity contribution in [1.29, 1.82) is 0 Å². The van der Waals surface area contributed by atoms with Gasteiger partial charge in [0.15, 0.2) is 5.69 Å². The van der Waals surface area contributed by atoms with Gasteiger partial charge in [0.2, 0.25) is 0 Å². The summed E-state index contributed by atoms with van der Waals surface area (Å²) in [5.74, 6) is 0.178. The fourth-order valence-electron chi connectivity index (χ4n) is 4.07. The summed E-state index contributed by atoms with van der Waals surface area (Å²) in [7, 11) is 5.71. The Hall–Kier alpha value is -3.61. The van der Waals surface area contributed by atoms with Gasteiger partial charge in [0.25, 0.3) is 11.8 Å². The van der Waals surface area contributed by atoms with Crippen LogP contribution in [0.2, 0.25) is 0 Å². The van der Waals surface area contributed by atoms with Crippen LogP contribution in [0.1, 0.15) is 45.3 Å². The maximum absolute atomic E-state index is 12.9. The average molecular weight is 432 g/mol. The number of benzene rings is 2. The molecule has 2 heterocycles.